The quantitative estimate of drug-likeness (QED) is 0.658. The Morgan fingerprint density at radius 3 is 2.62 bits per heavy atom. The average Bonchev–Trinajstić information content (AvgIpc) is 3.47. The van der Waals surface area contributed by atoms with Gasteiger partial charge < -0.3 is 14.8 Å². The van der Waals surface area contributed by atoms with Gasteiger partial charge in [-0.25, -0.2) is 8.42 Å². The summed E-state index contributed by atoms with van der Waals surface area (Å²) in [4.78, 5) is 13.7. The Morgan fingerprint density at radius 2 is 1.91 bits per heavy atom. The van der Waals surface area contributed by atoms with Crippen molar-refractivity contribution >= 4 is 21.4 Å². The van der Waals surface area contributed by atoms with Crippen LogP contribution >= 0.6 is 0 Å². The first-order valence-electron chi connectivity index (χ1n) is 11.3. The summed E-state index contributed by atoms with van der Waals surface area (Å²) in [6, 6.07) is 12.5. The molecule has 1 saturated heterocycles. The molecule has 4 rings (SSSR count). The minimum absolute atomic E-state index is 0.0951. The first-order valence-corrected chi connectivity index (χ1v) is 12.8. The Kier molecular flexibility index (Phi) is 6.58. The number of carbonyl (C=O) groups excluding carboxylic acids is 1. The fourth-order valence-corrected chi connectivity index (χ4v) is 7.02. The highest BCUT2D eigenvalue weighted by Gasteiger charge is 2.53. The Bertz CT molecular complexity index is 1080. The predicted molar refractivity (Wildman–Crippen MR) is 124 cm³/mol. The van der Waals surface area contributed by atoms with Crippen molar-refractivity contribution in [1.82, 2.24) is 0 Å². The minimum atomic E-state index is -3.86. The Balaban J connectivity index is 1.56. The van der Waals surface area contributed by atoms with E-state index in [0.29, 0.717) is 49.3 Å². The number of ether oxygens (including phenoxy) is 2. The van der Waals surface area contributed by atoms with E-state index in [-0.39, 0.29) is 11.0 Å². The number of hydrogen-bond donors (Lipinski definition) is 1. The topological polar surface area (TPSA) is 81.7 Å². The smallest absolute Gasteiger partial charge is 0.246 e. The normalized spacial score (nSPS) is 20.2. The van der Waals surface area contributed by atoms with Crippen molar-refractivity contribution in [2.24, 2.45) is 0 Å². The predicted octanol–water partition coefficient (Wildman–Crippen LogP) is 4.59. The van der Waals surface area contributed by atoms with E-state index in [1.165, 1.54) is 0 Å². The van der Waals surface area contributed by atoms with Gasteiger partial charge in [0.15, 0.2) is 14.6 Å². The number of carbonyl (C=O) groups is 1. The molecule has 172 valence electrons. The van der Waals surface area contributed by atoms with E-state index in [9.17, 15) is 13.2 Å². The molecule has 0 bridgehead atoms. The van der Waals surface area contributed by atoms with Crippen LogP contribution < -0.4 is 10.1 Å². The van der Waals surface area contributed by atoms with Gasteiger partial charge in [-0.2, -0.15) is 0 Å². The van der Waals surface area contributed by atoms with Crippen LogP contribution in [0.5, 0.6) is 5.75 Å². The minimum Gasteiger partial charge on any atom is -0.491 e. The molecule has 32 heavy (non-hydrogen) atoms. The third-order valence-corrected chi connectivity index (χ3v) is 9.17. The highest BCUT2D eigenvalue weighted by atomic mass is 32.2. The Hall–Kier alpha value is -2.38. The maximum atomic E-state index is 13.8. The van der Waals surface area contributed by atoms with Crippen LogP contribution in [0.25, 0.3) is 0 Å². The summed E-state index contributed by atoms with van der Waals surface area (Å²) in [5.74, 6) is 0.156. The highest BCUT2D eigenvalue weighted by molar-refractivity contribution is 7.93. The molecule has 1 aliphatic heterocycles. The van der Waals surface area contributed by atoms with Gasteiger partial charge in [-0.1, -0.05) is 31.0 Å². The number of nitrogens with one attached hydrogen (secondary N) is 1. The second-order valence-corrected chi connectivity index (χ2v) is 11.1. The van der Waals surface area contributed by atoms with Crippen LogP contribution in [-0.2, 0) is 19.4 Å². The standard InChI is InChI=1S/C25H31NO5S/c1-18-10-11-19(2)23(15-18)32(28,29)25(12-3-4-13-25)24(27)26-20-7-5-8-21(16-20)31-17-22-9-6-14-30-22/h5,7-8,10-11,15-16,22H,3-4,6,9,12-14,17H2,1-2H3,(H,26,27). The van der Waals surface area contributed by atoms with Gasteiger partial charge >= 0.3 is 0 Å². The second kappa shape index (κ2) is 9.24. The highest BCUT2D eigenvalue weighted by Crippen LogP contribution is 2.42. The summed E-state index contributed by atoms with van der Waals surface area (Å²) in [5.41, 5.74) is 2.06. The Labute approximate surface area is 190 Å². The van der Waals surface area contributed by atoms with Crippen LogP contribution in [0.15, 0.2) is 47.4 Å². The van der Waals surface area contributed by atoms with Gasteiger partial charge in [0.2, 0.25) is 5.91 Å². The number of sulfone groups is 1. The molecule has 0 spiro atoms. The Morgan fingerprint density at radius 1 is 1.12 bits per heavy atom. The summed E-state index contributed by atoms with van der Waals surface area (Å²) >= 11 is 0. The van der Waals surface area contributed by atoms with Crippen molar-refractivity contribution in [2.75, 3.05) is 18.5 Å². The zero-order chi connectivity index (χ0) is 22.8. The molecule has 2 fully saturated rings. The first kappa shape index (κ1) is 22.8. The van der Waals surface area contributed by atoms with Gasteiger partial charge in [0, 0.05) is 18.4 Å². The summed E-state index contributed by atoms with van der Waals surface area (Å²) < 4.78 is 37.5. The lowest BCUT2D eigenvalue weighted by atomic mass is 10.1. The molecule has 1 atom stereocenters. The largest absolute Gasteiger partial charge is 0.491 e. The van der Waals surface area contributed by atoms with Gasteiger partial charge in [0.05, 0.1) is 11.0 Å². The molecule has 6 nitrogen and oxygen atoms in total. The second-order valence-electron chi connectivity index (χ2n) is 8.90. The van der Waals surface area contributed by atoms with Crippen LogP contribution in [0.3, 0.4) is 0 Å². The summed E-state index contributed by atoms with van der Waals surface area (Å²) in [7, 11) is -3.86. The monoisotopic (exact) mass is 457 g/mol. The molecule has 2 aromatic rings. The molecule has 2 aromatic carbocycles. The van der Waals surface area contributed by atoms with E-state index >= 15 is 0 Å². The van der Waals surface area contributed by atoms with Crippen LogP contribution in [0, 0.1) is 13.8 Å². The van der Waals surface area contributed by atoms with Crippen LogP contribution in [0.1, 0.15) is 49.7 Å². The SMILES string of the molecule is Cc1ccc(C)c(S(=O)(=O)C2(C(=O)Nc3cccc(OCC4CCCO4)c3)CCCC2)c1. The van der Waals surface area contributed by atoms with Gasteiger partial charge in [-0.15, -0.1) is 0 Å². The van der Waals surface area contributed by atoms with Crippen LogP contribution in [0.4, 0.5) is 5.69 Å². The molecular weight excluding hydrogens is 426 g/mol. The van der Waals surface area contributed by atoms with Gasteiger partial charge in [-0.05, 0) is 68.9 Å². The van der Waals surface area contributed by atoms with E-state index in [2.05, 4.69) is 5.32 Å². The third-order valence-electron chi connectivity index (χ3n) is 6.52. The zero-order valence-electron chi connectivity index (χ0n) is 18.7. The van der Waals surface area contributed by atoms with Crippen molar-refractivity contribution in [1.29, 1.82) is 0 Å². The van der Waals surface area contributed by atoms with Crippen LogP contribution in [0.2, 0.25) is 0 Å². The summed E-state index contributed by atoms with van der Waals surface area (Å²) in [6.45, 7) is 4.87. The molecule has 7 heteroatoms. The lowest BCUT2D eigenvalue weighted by molar-refractivity contribution is -0.118. The molecule has 1 heterocycles. The molecule has 1 N–H and O–H groups in total. The average molecular weight is 458 g/mol. The number of amides is 1. The molecule has 0 aromatic heterocycles. The molecule has 1 unspecified atom stereocenters. The van der Waals surface area contributed by atoms with Crippen molar-refractivity contribution in [2.45, 2.75) is 68.1 Å². The molecule has 1 amide bonds. The number of aryl methyl sites for hydroxylation is 2. The number of benzene rings is 2. The van der Waals surface area contributed by atoms with E-state index in [1.807, 2.05) is 19.1 Å². The number of anilines is 1. The first-order chi connectivity index (χ1) is 15.3. The van der Waals surface area contributed by atoms with Gasteiger partial charge in [-0.3, -0.25) is 4.79 Å². The van der Waals surface area contributed by atoms with Gasteiger partial charge in [0.1, 0.15) is 12.4 Å². The summed E-state index contributed by atoms with van der Waals surface area (Å²) in [5, 5.41) is 2.87. The lowest BCUT2D eigenvalue weighted by Gasteiger charge is -2.28. The number of hydrogen-bond acceptors (Lipinski definition) is 5. The van der Waals surface area contributed by atoms with Gasteiger partial charge in [0.25, 0.3) is 0 Å². The molecule has 0 radical (unpaired) electrons. The van der Waals surface area contributed by atoms with E-state index in [4.69, 9.17) is 9.47 Å². The van der Waals surface area contributed by atoms with Crippen molar-refractivity contribution < 1.29 is 22.7 Å². The lowest BCUT2D eigenvalue weighted by Crippen LogP contribution is -2.47. The molecule has 2 aliphatic rings. The summed E-state index contributed by atoms with van der Waals surface area (Å²) in [6.07, 6.45) is 4.19. The van der Waals surface area contributed by atoms with E-state index < -0.39 is 20.5 Å². The maximum absolute atomic E-state index is 13.8. The molecule has 1 saturated carbocycles. The van der Waals surface area contributed by atoms with Crippen molar-refractivity contribution in [3.05, 3.63) is 53.6 Å². The molecule has 1 aliphatic carbocycles. The number of rotatable bonds is 7. The third kappa shape index (κ3) is 4.41. The maximum Gasteiger partial charge on any atom is 0.246 e. The van der Waals surface area contributed by atoms with E-state index in [0.717, 1.165) is 25.0 Å². The van der Waals surface area contributed by atoms with E-state index in [1.54, 1.807) is 37.3 Å². The fourth-order valence-electron chi connectivity index (χ4n) is 4.64. The zero-order valence-corrected chi connectivity index (χ0v) is 19.5. The van der Waals surface area contributed by atoms with Crippen molar-refractivity contribution in [3.63, 3.8) is 0 Å². The van der Waals surface area contributed by atoms with Crippen LogP contribution in [-0.4, -0.2) is 38.4 Å². The fraction of sp³-hybridized carbons (Fsp3) is 0.480. The molecular formula is C25H31NO5S. The van der Waals surface area contributed by atoms with Crippen molar-refractivity contribution in [3.8, 4) is 5.75 Å².